The Morgan fingerprint density at radius 1 is 1.15 bits per heavy atom. The monoisotopic (exact) mass is 398 g/mol. The molecular weight excluding hydrogens is 381 g/mol. The van der Waals surface area contributed by atoms with Gasteiger partial charge >= 0.3 is 6.18 Å². The summed E-state index contributed by atoms with van der Waals surface area (Å²) in [5.41, 5.74) is -0.724. The van der Waals surface area contributed by atoms with Gasteiger partial charge in [-0.3, -0.25) is 4.79 Å². The van der Waals surface area contributed by atoms with Crippen molar-refractivity contribution in [3.63, 3.8) is 0 Å². The number of benzene rings is 1. The smallest absolute Gasteiger partial charge is 0.375 e. The minimum atomic E-state index is -4.47. The zero-order chi connectivity index (χ0) is 19.4. The molecule has 3 rings (SSSR count). The van der Waals surface area contributed by atoms with Crippen LogP contribution in [0.4, 0.5) is 24.7 Å². The molecule has 9 heteroatoms. The third kappa shape index (κ3) is 4.82. The maximum Gasteiger partial charge on any atom is 0.416 e. The lowest BCUT2D eigenvalue weighted by Crippen LogP contribution is -2.50. The van der Waals surface area contributed by atoms with Crippen molar-refractivity contribution in [2.75, 3.05) is 42.9 Å². The number of pyridine rings is 1. The second kappa shape index (κ2) is 8.04. The summed E-state index contributed by atoms with van der Waals surface area (Å²) in [7, 11) is 0. The number of amides is 1. The molecule has 0 saturated carbocycles. The van der Waals surface area contributed by atoms with Gasteiger partial charge < -0.3 is 15.1 Å². The molecular formula is C18H18ClF3N4O. The third-order valence-electron chi connectivity index (χ3n) is 4.33. The largest absolute Gasteiger partial charge is 0.416 e. The number of carbonyl (C=O) groups excluding carboxylic acids is 1. The standard InChI is InChI=1S/C18H18ClF3N4O/c19-14-5-4-13(18(20,21)22)11-15(14)24-12-17(27)26-9-7-25(8-10-26)16-3-1-2-6-23-16/h1-6,11,24H,7-10,12H2. The average Bonchev–Trinajstić information content (AvgIpc) is 2.67. The Morgan fingerprint density at radius 3 is 2.52 bits per heavy atom. The number of hydrogen-bond acceptors (Lipinski definition) is 4. The Kier molecular flexibility index (Phi) is 5.74. The zero-order valence-corrected chi connectivity index (χ0v) is 15.1. The van der Waals surface area contributed by atoms with E-state index in [4.69, 9.17) is 11.6 Å². The molecule has 0 atom stereocenters. The van der Waals surface area contributed by atoms with Crippen molar-refractivity contribution in [1.82, 2.24) is 9.88 Å². The van der Waals surface area contributed by atoms with Crippen LogP contribution in [-0.2, 0) is 11.0 Å². The topological polar surface area (TPSA) is 48.5 Å². The number of halogens is 4. The van der Waals surface area contributed by atoms with Gasteiger partial charge in [0.15, 0.2) is 0 Å². The van der Waals surface area contributed by atoms with Crippen LogP contribution in [0.15, 0.2) is 42.6 Å². The Bertz CT molecular complexity index is 793. The molecule has 1 aromatic heterocycles. The van der Waals surface area contributed by atoms with E-state index in [-0.39, 0.29) is 23.2 Å². The van der Waals surface area contributed by atoms with E-state index in [1.165, 1.54) is 6.07 Å². The molecule has 27 heavy (non-hydrogen) atoms. The fraction of sp³-hybridized carbons (Fsp3) is 0.333. The molecule has 0 aliphatic carbocycles. The molecule has 0 radical (unpaired) electrons. The van der Waals surface area contributed by atoms with Crippen molar-refractivity contribution in [2.45, 2.75) is 6.18 Å². The van der Waals surface area contributed by atoms with Crippen LogP contribution < -0.4 is 10.2 Å². The quantitative estimate of drug-likeness (QED) is 0.856. The first-order valence-electron chi connectivity index (χ1n) is 8.39. The molecule has 1 saturated heterocycles. The highest BCUT2D eigenvalue weighted by Crippen LogP contribution is 2.33. The number of aromatic nitrogens is 1. The maximum absolute atomic E-state index is 12.8. The Balaban J connectivity index is 1.55. The Labute approximate surface area is 159 Å². The van der Waals surface area contributed by atoms with E-state index in [1.807, 2.05) is 18.2 Å². The van der Waals surface area contributed by atoms with Crippen molar-refractivity contribution >= 4 is 29.0 Å². The summed E-state index contributed by atoms with van der Waals surface area (Å²) in [6, 6.07) is 8.65. The molecule has 5 nitrogen and oxygen atoms in total. The molecule has 144 valence electrons. The first kappa shape index (κ1) is 19.3. The molecule has 1 fully saturated rings. The van der Waals surface area contributed by atoms with Crippen LogP contribution in [0.25, 0.3) is 0 Å². The van der Waals surface area contributed by atoms with Crippen LogP contribution in [0.2, 0.25) is 5.02 Å². The number of piperazine rings is 1. The first-order valence-corrected chi connectivity index (χ1v) is 8.77. The highest BCUT2D eigenvalue weighted by molar-refractivity contribution is 6.33. The second-order valence-corrected chi connectivity index (χ2v) is 6.51. The van der Waals surface area contributed by atoms with E-state index in [0.29, 0.717) is 26.2 Å². The van der Waals surface area contributed by atoms with E-state index >= 15 is 0 Å². The third-order valence-corrected chi connectivity index (χ3v) is 4.66. The first-order chi connectivity index (χ1) is 12.8. The molecule has 0 bridgehead atoms. The predicted octanol–water partition coefficient (Wildman–Crippen LogP) is 3.51. The number of hydrogen-bond donors (Lipinski definition) is 1. The summed E-state index contributed by atoms with van der Waals surface area (Å²) < 4.78 is 38.4. The minimum absolute atomic E-state index is 0.0898. The number of nitrogens with zero attached hydrogens (tertiary/aromatic N) is 3. The summed E-state index contributed by atoms with van der Waals surface area (Å²) in [5, 5.41) is 2.85. The van der Waals surface area contributed by atoms with Gasteiger partial charge in [-0.05, 0) is 30.3 Å². The van der Waals surface area contributed by atoms with E-state index < -0.39 is 11.7 Å². The molecule has 0 unspecified atom stereocenters. The molecule has 2 heterocycles. The van der Waals surface area contributed by atoms with E-state index in [0.717, 1.165) is 18.0 Å². The molecule has 1 N–H and O–H groups in total. The van der Waals surface area contributed by atoms with Crippen LogP contribution in [-0.4, -0.2) is 48.5 Å². The maximum atomic E-state index is 12.8. The fourth-order valence-electron chi connectivity index (χ4n) is 2.85. The number of alkyl halides is 3. The van der Waals surface area contributed by atoms with Crippen LogP contribution in [0.3, 0.4) is 0 Å². The molecule has 2 aromatic rings. The van der Waals surface area contributed by atoms with Gasteiger partial charge in [0.1, 0.15) is 5.82 Å². The molecule has 1 aliphatic rings. The van der Waals surface area contributed by atoms with Crippen LogP contribution in [0.1, 0.15) is 5.56 Å². The van der Waals surface area contributed by atoms with Crippen molar-refractivity contribution in [1.29, 1.82) is 0 Å². The normalized spacial score (nSPS) is 15.0. The number of nitrogens with one attached hydrogen (secondary N) is 1. The van der Waals surface area contributed by atoms with Gasteiger partial charge in [-0.2, -0.15) is 13.2 Å². The van der Waals surface area contributed by atoms with Crippen molar-refractivity contribution < 1.29 is 18.0 Å². The lowest BCUT2D eigenvalue weighted by Gasteiger charge is -2.35. The highest BCUT2D eigenvalue weighted by Gasteiger charge is 2.31. The van der Waals surface area contributed by atoms with Gasteiger partial charge in [0.2, 0.25) is 5.91 Å². The van der Waals surface area contributed by atoms with Crippen molar-refractivity contribution in [2.24, 2.45) is 0 Å². The molecule has 1 amide bonds. The summed E-state index contributed by atoms with van der Waals surface area (Å²) in [4.78, 5) is 20.4. The SMILES string of the molecule is O=C(CNc1cc(C(F)(F)F)ccc1Cl)N1CCN(c2ccccn2)CC1. The minimum Gasteiger partial charge on any atom is -0.375 e. The Hall–Kier alpha value is -2.48. The molecule has 1 aliphatic heterocycles. The van der Waals surface area contributed by atoms with Crippen LogP contribution >= 0.6 is 11.6 Å². The van der Waals surface area contributed by atoms with Gasteiger partial charge in [-0.25, -0.2) is 4.98 Å². The second-order valence-electron chi connectivity index (χ2n) is 6.10. The van der Waals surface area contributed by atoms with Crippen LogP contribution in [0, 0.1) is 0 Å². The number of anilines is 2. The van der Waals surface area contributed by atoms with Gasteiger partial charge in [0.05, 0.1) is 22.8 Å². The van der Waals surface area contributed by atoms with Crippen molar-refractivity contribution in [3.05, 3.63) is 53.2 Å². The lowest BCUT2D eigenvalue weighted by atomic mass is 10.2. The summed E-state index contributed by atoms with van der Waals surface area (Å²) in [5.74, 6) is 0.669. The summed E-state index contributed by atoms with van der Waals surface area (Å²) in [6.45, 7) is 2.21. The number of rotatable bonds is 4. The van der Waals surface area contributed by atoms with Crippen LogP contribution in [0.5, 0.6) is 0 Å². The van der Waals surface area contributed by atoms with Gasteiger partial charge in [0, 0.05) is 32.4 Å². The summed E-state index contributed by atoms with van der Waals surface area (Å²) >= 11 is 5.93. The predicted molar refractivity (Wildman–Crippen MR) is 98.0 cm³/mol. The lowest BCUT2D eigenvalue weighted by molar-refractivity contribution is -0.137. The fourth-order valence-corrected chi connectivity index (χ4v) is 3.03. The number of carbonyl (C=O) groups is 1. The molecule has 1 aromatic carbocycles. The van der Waals surface area contributed by atoms with Crippen molar-refractivity contribution in [3.8, 4) is 0 Å². The van der Waals surface area contributed by atoms with E-state index in [9.17, 15) is 18.0 Å². The summed E-state index contributed by atoms with van der Waals surface area (Å²) in [6.07, 6.45) is -2.75. The zero-order valence-electron chi connectivity index (χ0n) is 14.3. The van der Waals surface area contributed by atoms with E-state index in [1.54, 1.807) is 11.1 Å². The highest BCUT2D eigenvalue weighted by atomic mass is 35.5. The van der Waals surface area contributed by atoms with Gasteiger partial charge in [-0.15, -0.1) is 0 Å². The van der Waals surface area contributed by atoms with Gasteiger partial charge in [-0.1, -0.05) is 17.7 Å². The van der Waals surface area contributed by atoms with Gasteiger partial charge in [0.25, 0.3) is 0 Å². The average molecular weight is 399 g/mol. The Morgan fingerprint density at radius 2 is 1.89 bits per heavy atom. The van der Waals surface area contributed by atoms with E-state index in [2.05, 4.69) is 15.2 Å². The molecule has 0 spiro atoms.